The maximum absolute atomic E-state index is 12.9. The summed E-state index contributed by atoms with van der Waals surface area (Å²) in [6.07, 6.45) is 5.42. The molecule has 0 amide bonds. The van der Waals surface area contributed by atoms with Crippen LogP contribution in [0.25, 0.3) is 10.2 Å². The quantitative estimate of drug-likeness (QED) is 0.675. The number of aliphatic hydroxyl groups is 1. The Labute approximate surface area is 144 Å². The van der Waals surface area contributed by atoms with E-state index in [9.17, 15) is 9.90 Å². The third-order valence-corrected chi connectivity index (χ3v) is 6.97. The second kappa shape index (κ2) is 6.79. The van der Waals surface area contributed by atoms with Crippen molar-refractivity contribution < 1.29 is 5.11 Å². The van der Waals surface area contributed by atoms with Crippen LogP contribution in [0.3, 0.4) is 0 Å². The molecule has 23 heavy (non-hydrogen) atoms. The first-order valence-corrected chi connectivity index (χ1v) is 9.68. The third-order valence-electron chi connectivity index (χ3n) is 4.49. The van der Waals surface area contributed by atoms with Crippen LogP contribution >= 0.6 is 23.1 Å². The van der Waals surface area contributed by atoms with E-state index in [4.69, 9.17) is 4.98 Å². The number of hydrogen-bond donors (Lipinski definition) is 1. The predicted octanol–water partition coefficient (Wildman–Crippen LogP) is 3.66. The highest BCUT2D eigenvalue weighted by Gasteiger charge is 2.26. The zero-order chi connectivity index (χ0) is 16.6. The van der Waals surface area contributed by atoms with Crippen LogP contribution in [0.2, 0.25) is 0 Å². The van der Waals surface area contributed by atoms with Crippen molar-refractivity contribution in [1.29, 1.82) is 0 Å². The van der Waals surface area contributed by atoms with Gasteiger partial charge in [0.25, 0.3) is 5.56 Å². The Bertz CT molecular complexity index is 794. The van der Waals surface area contributed by atoms with E-state index in [1.807, 2.05) is 13.8 Å². The minimum atomic E-state index is -0.315. The van der Waals surface area contributed by atoms with E-state index >= 15 is 0 Å². The average molecular weight is 351 g/mol. The molecule has 3 rings (SSSR count). The van der Waals surface area contributed by atoms with Gasteiger partial charge in [0.05, 0.1) is 11.5 Å². The molecule has 0 radical (unpaired) electrons. The fraction of sp³-hybridized carbons (Fsp3) is 0.529. The fourth-order valence-electron chi connectivity index (χ4n) is 3.04. The summed E-state index contributed by atoms with van der Waals surface area (Å²) < 4.78 is 1.69. The van der Waals surface area contributed by atoms with Crippen LogP contribution in [-0.4, -0.2) is 26.0 Å². The van der Waals surface area contributed by atoms with Gasteiger partial charge in [-0.25, -0.2) is 4.98 Å². The maximum Gasteiger partial charge on any atom is 0.263 e. The van der Waals surface area contributed by atoms with Crippen molar-refractivity contribution in [2.24, 2.45) is 0 Å². The Balaban J connectivity index is 2.09. The van der Waals surface area contributed by atoms with E-state index in [-0.39, 0.29) is 16.9 Å². The second-order valence-corrected chi connectivity index (χ2v) is 8.48. The number of aromatic nitrogens is 2. The van der Waals surface area contributed by atoms with Gasteiger partial charge in [0, 0.05) is 16.7 Å². The second-order valence-electron chi connectivity index (χ2n) is 6.07. The molecule has 0 saturated heterocycles. The molecule has 6 heteroatoms. The summed E-state index contributed by atoms with van der Waals surface area (Å²) in [5, 5.41) is 11.8. The molecule has 1 aliphatic carbocycles. The Hall–Kier alpha value is -1.11. The van der Waals surface area contributed by atoms with Crippen LogP contribution in [-0.2, 0) is 6.54 Å². The normalized spacial score (nSPS) is 21.7. The minimum Gasteiger partial charge on any atom is -0.392 e. The molecule has 1 N–H and O–H groups in total. The minimum absolute atomic E-state index is 0.00421. The van der Waals surface area contributed by atoms with Crippen LogP contribution in [0.15, 0.2) is 22.6 Å². The summed E-state index contributed by atoms with van der Waals surface area (Å²) >= 11 is 3.11. The van der Waals surface area contributed by atoms with Gasteiger partial charge >= 0.3 is 0 Å². The van der Waals surface area contributed by atoms with Crippen molar-refractivity contribution in [2.75, 3.05) is 0 Å². The van der Waals surface area contributed by atoms with Crippen LogP contribution in [0.5, 0.6) is 0 Å². The highest BCUT2D eigenvalue weighted by Crippen LogP contribution is 2.34. The fourth-order valence-corrected chi connectivity index (χ4v) is 5.39. The lowest BCUT2D eigenvalue weighted by molar-refractivity contribution is 0.136. The number of thioether (sulfide) groups is 1. The van der Waals surface area contributed by atoms with Crippen LogP contribution in [0.4, 0.5) is 0 Å². The lowest BCUT2D eigenvalue weighted by Gasteiger charge is -2.27. The molecule has 2 atom stereocenters. The third kappa shape index (κ3) is 3.12. The highest BCUT2D eigenvalue weighted by atomic mass is 32.2. The first-order valence-electron chi connectivity index (χ1n) is 7.99. The van der Waals surface area contributed by atoms with Crippen molar-refractivity contribution in [3.63, 3.8) is 0 Å². The number of fused-ring (bicyclic) bond motifs is 1. The molecular formula is C17H22N2O2S2. The summed E-state index contributed by atoms with van der Waals surface area (Å²) in [5.41, 5.74) is 1.03. The van der Waals surface area contributed by atoms with Gasteiger partial charge in [-0.3, -0.25) is 9.36 Å². The summed E-state index contributed by atoms with van der Waals surface area (Å²) in [6.45, 7) is 8.21. The number of allylic oxidation sites excluding steroid dienone is 1. The van der Waals surface area contributed by atoms with E-state index in [0.717, 1.165) is 46.3 Å². The predicted molar refractivity (Wildman–Crippen MR) is 97.7 cm³/mol. The Morgan fingerprint density at radius 3 is 2.87 bits per heavy atom. The molecule has 2 aromatic heterocycles. The van der Waals surface area contributed by atoms with Crippen molar-refractivity contribution in [1.82, 2.24) is 9.55 Å². The summed E-state index contributed by atoms with van der Waals surface area (Å²) in [5.74, 6) is 0. The van der Waals surface area contributed by atoms with E-state index in [1.54, 1.807) is 33.7 Å². The first-order chi connectivity index (χ1) is 11.0. The van der Waals surface area contributed by atoms with Gasteiger partial charge in [0.15, 0.2) is 5.16 Å². The van der Waals surface area contributed by atoms with Crippen LogP contribution in [0, 0.1) is 13.8 Å². The number of aryl methyl sites for hydroxylation is 2. The Morgan fingerprint density at radius 2 is 2.17 bits per heavy atom. The average Bonchev–Trinajstić information content (AvgIpc) is 2.80. The van der Waals surface area contributed by atoms with E-state index in [1.165, 1.54) is 0 Å². The van der Waals surface area contributed by atoms with E-state index < -0.39 is 0 Å². The van der Waals surface area contributed by atoms with E-state index in [0.29, 0.717) is 11.7 Å². The zero-order valence-electron chi connectivity index (χ0n) is 13.5. The molecule has 0 aromatic carbocycles. The first kappa shape index (κ1) is 16.7. The lowest BCUT2D eigenvalue weighted by atomic mass is 9.97. The SMILES string of the molecule is C=CCn1c(S[C@H]2CCCC[C@@H]2O)nc2sc(C)c(C)c2c1=O. The van der Waals surface area contributed by atoms with Crippen LogP contribution < -0.4 is 5.56 Å². The topological polar surface area (TPSA) is 55.1 Å². The van der Waals surface area contributed by atoms with E-state index in [2.05, 4.69) is 6.58 Å². The zero-order valence-corrected chi connectivity index (χ0v) is 15.2. The number of hydrogen-bond acceptors (Lipinski definition) is 5. The lowest BCUT2D eigenvalue weighted by Crippen LogP contribution is -2.29. The Morgan fingerprint density at radius 1 is 1.43 bits per heavy atom. The smallest absolute Gasteiger partial charge is 0.263 e. The van der Waals surface area contributed by atoms with Gasteiger partial charge in [0.2, 0.25) is 0 Å². The highest BCUT2D eigenvalue weighted by molar-refractivity contribution is 7.99. The molecule has 0 spiro atoms. The molecule has 4 nitrogen and oxygen atoms in total. The molecule has 1 saturated carbocycles. The maximum atomic E-state index is 12.9. The monoisotopic (exact) mass is 350 g/mol. The van der Waals surface area contributed by atoms with Crippen LogP contribution in [0.1, 0.15) is 36.1 Å². The van der Waals surface area contributed by atoms with Crippen molar-refractivity contribution in [3.8, 4) is 0 Å². The van der Waals surface area contributed by atoms with Gasteiger partial charge in [-0.2, -0.15) is 0 Å². The summed E-state index contributed by atoms with van der Waals surface area (Å²) in [6, 6.07) is 0. The molecule has 0 unspecified atom stereocenters. The molecule has 1 aliphatic rings. The molecular weight excluding hydrogens is 328 g/mol. The summed E-state index contributed by atoms with van der Waals surface area (Å²) in [4.78, 5) is 19.6. The molecule has 2 aromatic rings. The van der Waals surface area contributed by atoms with Crippen molar-refractivity contribution in [2.45, 2.75) is 62.6 Å². The molecule has 0 bridgehead atoms. The van der Waals surface area contributed by atoms with Crippen molar-refractivity contribution >= 4 is 33.3 Å². The summed E-state index contributed by atoms with van der Waals surface area (Å²) in [7, 11) is 0. The van der Waals surface area contributed by atoms with Gasteiger partial charge in [-0.15, -0.1) is 17.9 Å². The standard InChI is InChI=1S/C17H22N2O2S2/c1-4-9-19-16(21)14-10(2)11(3)22-15(14)18-17(19)23-13-8-6-5-7-12(13)20/h4,12-13,20H,1,5-9H2,2-3H3/t12-,13-/m0/s1. The number of nitrogens with zero attached hydrogens (tertiary/aromatic N) is 2. The number of rotatable bonds is 4. The van der Waals surface area contributed by atoms with Gasteiger partial charge in [-0.05, 0) is 32.3 Å². The molecule has 124 valence electrons. The van der Waals surface area contributed by atoms with Gasteiger partial charge in [-0.1, -0.05) is 30.7 Å². The Kier molecular flexibility index (Phi) is 4.94. The van der Waals surface area contributed by atoms with Gasteiger partial charge in [0.1, 0.15) is 4.83 Å². The largest absolute Gasteiger partial charge is 0.392 e. The number of thiophene rings is 1. The number of aliphatic hydroxyl groups excluding tert-OH is 1. The van der Waals surface area contributed by atoms with Gasteiger partial charge < -0.3 is 5.11 Å². The molecule has 0 aliphatic heterocycles. The molecule has 1 fully saturated rings. The van der Waals surface area contributed by atoms with Crippen molar-refractivity contribution in [3.05, 3.63) is 33.4 Å². The molecule has 2 heterocycles.